The largest absolute Gasteiger partial charge is 0.504 e. The Hall–Kier alpha value is -3.12. The van der Waals surface area contributed by atoms with E-state index in [-0.39, 0.29) is 15.5 Å². The second-order valence-electron chi connectivity index (χ2n) is 7.47. The van der Waals surface area contributed by atoms with Gasteiger partial charge in [0.15, 0.2) is 11.5 Å². The Labute approximate surface area is 198 Å². The lowest BCUT2D eigenvalue weighted by atomic mass is 10.2. The molecule has 0 fully saturated rings. The summed E-state index contributed by atoms with van der Waals surface area (Å²) in [6, 6.07) is 15.7. The molecule has 9 nitrogen and oxygen atoms in total. The third-order valence-corrected chi connectivity index (χ3v) is 7.35. The minimum absolute atomic E-state index is 0.113. The van der Waals surface area contributed by atoms with Gasteiger partial charge in [-0.1, -0.05) is 41.5 Å². The molecule has 0 spiro atoms. The summed E-state index contributed by atoms with van der Waals surface area (Å²) < 4.78 is 66.2. The molecule has 34 heavy (non-hydrogen) atoms. The van der Waals surface area contributed by atoms with E-state index < -0.39 is 51.1 Å². The molecule has 0 bridgehead atoms. The molecule has 1 atom stereocenters. The number of hydrogen-bond acceptors (Lipinski definition) is 9. The van der Waals surface area contributed by atoms with Crippen molar-refractivity contribution >= 4 is 20.2 Å². The first-order chi connectivity index (χ1) is 16.0. The molecule has 0 unspecified atom stereocenters. The molecule has 0 aliphatic heterocycles. The van der Waals surface area contributed by atoms with Gasteiger partial charge in [0.1, 0.15) is 12.7 Å². The van der Waals surface area contributed by atoms with Crippen LogP contribution in [0.1, 0.15) is 11.1 Å². The molecular weight excluding hydrogens is 484 g/mol. The fourth-order valence-electron chi connectivity index (χ4n) is 2.82. The molecule has 3 rings (SSSR count). The summed E-state index contributed by atoms with van der Waals surface area (Å²) in [5.41, 5.74) is 1.68. The molecule has 0 saturated heterocycles. The number of aromatic hydroxyl groups is 2. The average Bonchev–Trinajstić information content (AvgIpc) is 2.77. The Bertz CT molecular complexity index is 1310. The van der Waals surface area contributed by atoms with E-state index in [0.29, 0.717) is 0 Å². The molecule has 0 radical (unpaired) electrons. The van der Waals surface area contributed by atoms with Crippen molar-refractivity contribution in [1.29, 1.82) is 0 Å². The number of benzene rings is 3. The third kappa shape index (κ3) is 6.48. The van der Waals surface area contributed by atoms with Crippen molar-refractivity contribution in [1.82, 2.24) is 0 Å². The summed E-state index contributed by atoms with van der Waals surface area (Å²) in [7, 11) is -8.55. The maximum atomic E-state index is 12.7. The van der Waals surface area contributed by atoms with Crippen LogP contribution in [-0.2, 0) is 28.6 Å². The molecular formula is C23H24O9S2. The minimum Gasteiger partial charge on any atom is -0.504 e. The van der Waals surface area contributed by atoms with Gasteiger partial charge in [0.2, 0.25) is 5.75 Å². The summed E-state index contributed by atoms with van der Waals surface area (Å²) in [5.74, 6) is -1.10. The fraction of sp³-hybridized carbons (Fsp3) is 0.217. The van der Waals surface area contributed by atoms with Gasteiger partial charge in [0.05, 0.1) is 16.4 Å². The predicted molar refractivity (Wildman–Crippen MR) is 123 cm³/mol. The molecule has 11 heteroatoms. The van der Waals surface area contributed by atoms with Gasteiger partial charge in [0.25, 0.3) is 20.2 Å². The van der Waals surface area contributed by atoms with Crippen molar-refractivity contribution in [3.63, 3.8) is 0 Å². The molecule has 0 aliphatic rings. The maximum absolute atomic E-state index is 12.7. The monoisotopic (exact) mass is 508 g/mol. The number of phenols is 2. The zero-order chi connectivity index (χ0) is 24.9. The van der Waals surface area contributed by atoms with E-state index in [1.807, 2.05) is 0 Å². The van der Waals surface area contributed by atoms with Crippen molar-refractivity contribution < 1.29 is 40.2 Å². The molecule has 3 aromatic rings. The maximum Gasteiger partial charge on any atom is 0.297 e. The van der Waals surface area contributed by atoms with Crippen LogP contribution in [0, 0.1) is 13.8 Å². The quantitative estimate of drug-likeness (QED) is 0.395. The lowest BCUT2D eigenvalue weighted by Gasteiger charge is -2.19. The molecule has 0 amide bonds. The van der Waals surface area contributed by atoms with Gasteiger partial charge in [-0.25, -0.2) is 0 Å². The molecule has 182 valence electrons. The van der Waals surface area contributed by atoms with E-state index in [1.165, 1.54) is 42.5 Å². The van der Waals surface area contributed by atoms with E-state index in [0.717, 1.165) is 11.1 Å². The number of phenolic OH excluding ortho intramolecular Hbond substituents is 2. The van der Waals surface area contributed by atoms with E-state index in [9.17, 15) is 27.0 Å². The highest BCUT2D eigenvalue weighted by atomic mass is 32.2. The first-order valence-electron chi connectivity index (χ1n) is 10.1. The van der Waals surface area contributed by atoms with Crippen LogP contribution in [0.15, 0.2) is 76.5 Å². The van der Waals surface area contributed by atoms with Gasteiger partial charge in [0, 0.05) is 0 Å². The normalized spacial score (nSPS) is 12.9. The van der Waals surface area contributed by atoms with Gasteiger partial charge < -0.3 is 14.9 Å². The van der Waals surface area contributed by atoms with Crippen LogP contribution in [0.5, 0.6) is 17.2 Å². The van der Waals surface area contributed by atoms with E-state index >= 15 is 0 Å². The molecule has 0 saturated carbocycles. The second-order valence-corrected chi connectivity index (χ2v) is 10.7. The summed E-state index contributed by atoms with van der Waals surface area (Å²) in [6.45, 7) is 2.31. The summed E-state index contributed by atoms with van der Waals surface area (Å²) in [6.07, 6.45) is -1.44. The van der Waals surface area contributed by atoms with Crippen LogP contribution in [0.4, 0.5) is 0 Å². The SMILES string of the molecule is Cc1ccc(S(=O)(=O)OC[C@@H](COc2c(O)cccc2O)OS(=O)(=O)c2ccc(C)cc2)cc1. The highest BCUT2D eigenvalue weighted by Crippen LogP contribution is 2.35. The molecule has 3 aromatic carbocycles. The summed E-state index contributed by atoms with van der Waals surface area (Å²) in [5, 5.41) is 19.8. The molecule has 2 N–H and O–H groups in total. The summed E-state index contributed by atoms with van der Waals surface area (Å²) in [4.78, 5) is -0.257. The molecule has 0 aliphatic carbocycles. The van der Waals surface area contributed by atoms with Gasteiger partial charge in [-0.2, -0.15) is 16.8 Å². The number of hydrogen-bond donors (Lipinski definition) is 2. The minimum atomic E-state index is -4.32. The summed E-state index contributed by atoms with van der Waals surface area (Å²) >= 11 is 0. The van der Waals surface area contributed by atoms with Crippen molar-refractivity contribution in [3.05, 3.63) is 77.9 Å². The number of aryl methyl sites for hydroxylation is 2. The first kappa shape index (κ1) is 25.5. The number of ether oxygens (including phenoxy) is 1. The standard InChI is InChI=1S/C23H24O9S2/c1-16-6-10-19(11-7-16)33(26,27)31-15-18(14-30-23-21(24)4-3-5-22(23)25)32-34(28,29)20-12-8-17(2)9-13-20/h3-13,18,24-25H,14-15H2,1-2H3/t18-/m1/s1. The first-order valence-corrected chi connectivity index (χ1v) is 12.9. The lowest BCUT2D eigenvalue weighted by molar-refractivity contribution is 0.0860. The van der Waals surface area contributed by atoms with E-state index in [4.69, 9.17) is 13.1 Å². The van der Waals surface area contributed by atoms with Crippen LogP contribution >= 0.6 is 0 Å². The van der Waals surface area contributed by atoms with Crippen LogP contribution in [0.2, 0.25) is 0 Å². The van der Waals surface area contributed by atoms with E-state index in [1.54, 1.807) is 38.1 Å². The Morgan fingerprint density at radius 2 is 1.18 bits per heavy atom. The Morgan fingerprint density at radius 3 is 1.68 bits per heavy atom. The van der Waals surface area contributed by atoms with Crippen molar-refractivity contribution in [2.75, 3.05) is 13.2 Å². The topological polar surface area (TPSA) is 136 Å². The van der Waals surface area contributed by atoms with Gasteiger partial charge in [-0.3, -0.25) is 8.37 Å². The predicted octanol–water partition coefficient (Wildman–Crippen LogP) is 3.27. The van der Waals surface area contributed by atoms with Crippen molar-refractivity contribution in [2.45, 2.75) is 29.7 Å². The second kappa shape index (κ2) is 10.4. The van der Waals surface area contributed by atoms with Crippen molar-refractivity contribution in [3.8, 4) is 17.2 Å². The van der Waals surface area contributed by atoms with Crippen LogP contribution < -0.4 is 4.74 Å². The van der Waals surface area contributed by atoms with Gasteiger partial charge in [-0.05, 0) is 50.2 Å². The Kier molecular flexibility index (Phi) is 7.82. The molecule has 0 heterocycles. The Balaban J connectivity index is 1.82. The molecule has 0 aromatic heterocycles. The zero-order valence-electron chi connectivity index (χ0n) is 18.4. The van der Waals surface area contributed by atoms with Crippen LogP contribution in [-0.4, -0.2) is 46.4 Å². The fourth-order valence-corrected chi connectivity index (χ4v) is 4.81. The average molecular weight is 509 g/mol. The number of rotatable bonds is 10. The van der Waals surface area contributed by atoms with Crippen molar-refractivity contribution in [2.24, 2.45) is 0 Å². The lowest BCUT2D eigenvalue weighted by Crippen LogP contribution is -2.31. The number of para-hydroxylation sites is 1. The highest BCUT2D eigenvalue weighted by molar-refractivity contribution is 7.87. The van der Waals surface area contributed by atoms with Crippen LogP contribution in [0.3, 0.4) is 0 Å². The zero-order valence-corrected chi connectivity index (χ0v) is 20.0. The van der Waals surface area contributed by atoms with Gasteiger partial charge in [-0.15, -0.1) is 0 Å². The third-order valence-electron chi connectivity index (χ3n) is 4.68. The van der Waals surface area contributed by atoms with Crippen LogP contribution in [0.25, 0.3) is 0 Å². The van der Waals surface area contributed by atoms with Gasteiger partial charge >= 0.3 is 0 Å². The smallest absolute Gasteiger partial charge is 0.297 e. The van der Waals surface area contributed by atoms with E-state index in [2.05, 4.69) is 0 Å². The highest BCUT2D eigenvalue weighted by Gasteiger charge is 2.26. The Morgan fingerprint density at radius 1 is 0.706 bits per heavy atom.